The van der Waals surface area contributed by atoms with Gasteiger partial charge in [-0.3, -0.25) is 4.79 Å². The highest BCUT2D eigenvalue weighted by Crippen LogP contribution is 2.50. The van der Waals surface area contributed by atoms with Crippen molar-refractivity contribution in [3.63, 3.8) is 0 Å². The van der Waals surface area contributed by atoms with Crippen LogP contribution in [0.2, 0.25) is 0 Å². The zero-order valence-electron chi connectivity index (χ0n) is 9.69. The van der Waals surface area contributed by atoms with Gasteiger partial charge in [0.15, 0.2) is 5.11 Å². The fourth-order valence-electron chi connectivity index (χ4n) is 1.24. The van der Waals surface area contributed by atoms with Gasteiger partial charge in [0, 0.05) is 13.6 Å². The van der Waals surface area contributed by atoms with Crippen molar-refractivity contribution >= 4 is 23.3 Å². The molecule has 0 aromatic heterocycles. The SMILES string of the molecule is CNC(=S)NCC(C(=O)O)C(F)(C(F)(F)F)C(F)(F)F. The van der Waals surface area contributed by atoms with Crippen LogP contribution in [0.1, 0.15) is 0 Å². The van der Waals surface area contributed by atoms with Crippen LogP contribution in [0.15, 0.2) is 0 Å². The summed E-state index contributed by atoms with van der Waals surface area (Å²) in [7, 11) is 1.18. The molecule has 20 heavy (non-hydrogen) atoms. The predicted molar refractivity (Wildman–Crippen MR) is 56.7 cm³/mol. The molecule has 3 N–H and O–H groups in total. The number of nitrogens with one attached hydrogen (secondary N) is 2. The third-order valence-corrected chi connectivity index (χ3v) is 2.65. The van der Waals surface area contributed by atoms with E-state index >= 15 is 0 Å². The second-order valence-corrected chi connectivity index (χ2v) is 3.97. The van der Waals surface area contributed by atoms with Crippen molar-refractivity contribution < 1.29 is 40.6 Å². The van der Waals surface area contributed by atoms with E-state index in [0.717, 1.165) is 0 Å². The highest BCUT2D eigenvalue weighted by atomic mass is 32.1. The van der Waals surface area contributed by atoms with Crippen molar-refractivity contribution in [2.45, 2.75) is 18.0 Å². The molecule has 1 unspecified atom stereocenters. The molecule has 118 valence electrons. The summed E-state index contributed by atoms with van der Waals surface area (Å²) in [6, 6.07) is 0. The van der Waals surface area contributed by atoms with E-state index in [-0.39, 0.29) is 0 Å². The van der Waals surface area contributed by atoms with E-state index in [4.69, 9.17) is 5.11 Å². The number of hydrogen-bond acceptors (Lipinski definition) is 2. The van der Waals surface area contributed by atoms with Crippen molar-refractivity contribution in [3.8, 4) is 0 Å². The average Bonchev–Trinajstić information content (AvgIpc) is 2.24. The second-order valence-electron chi connectivity index (χ2n) is 3.56. The lowest BCUT2D eigenvalue weighted by Gasteiger charge is -2.34. The first-order valence-corrected chi connectivity index (χ1v) is 5.20. The molecule has 0 radical (unpaired) electrons. The maximum atomic E-state index is 13.5. The fraction of sp³-hybridized carbons (Fsp3) is 0.750. The summed E-state index contributed by atoms with van der Waals surface area (Å²) in [5.41, 5.74) is -5.90. The lowest BCUT2D eigenvalue weighted by atomic mass is 9.87. The number of carboxylic acids is 1. The number of halogens is 7. The van der Waals surface area contributed by atoms with E-state index in [1.54, 1.807) is 5.32 Å². The van der Waals surface area contributed by atoms with Crippen molar-refractivity contribution in [3.05, 3.63) is 0 Å². The van der Waals surface area contributed by atoms with Gasteiger partial charge in [-0.2, -0.15) is 26.3 Å². The highest BCUT2D eigenvalue weighted by molar-refractivity contribution is 7.80. The van der Waals surface area contributed by atoms with Crippen LogP contribution >= 0.6 is 12.2 Å². The maximum absolute atomic E-state index is 13.5. The lowest BCUT2D eigenvalue weighted by molar-refractivity contribution is -0.354. The van der Waals surface area contributed by atoms with E-state index < -0.39 is 41.6 Å². The Morgan fingerprint density at radius 2 is 1.55 bits per heavy atom. The van der Waals surface area contributed by atoms with Crippen LogP contribution < -0.4 is 10.6 Å². The Balaban J connectivity index is 5.59. The third kappa shape index (κ3) is 3.61. The van der Waals surface area contributed by atoms with Crippen LogP contribution in [0.25, 0.3) is 0 Å². The van der Waals surface area contributed by atoms with Gasteiger partial charge in [-0.05, 0) is 12.2 Å². The zero-order chi connectivity index (χ0) is 16.4. The van der Waals surface area contributed by atoms with Crippen LogP contribution in [-0.4, -0.2) is 47.8 Å². The summed E-state index contributed by atoms with van der Waals surface area (Å²) in [4.78, 5) is 10.6. The largest absolute Gasteiger partial charge is 0.481 e. The van der Waals surface area contributed by atoms with Gasteiger partial charge in [-0.25, -0.2) is 4.39 Å². The molecule has 1 atom stereocenters. The van der Waals surface area contributed by atoms with Gasteiger partial charge in [-0.1, -0.05) is 0 Å². The number of thiocarbonyl (C=S) groups is 1. The number of hydrogen-bond donors (Lipinski definition) is 3. The first-order valence-electron chi connectivity index (χ1n) is 4.79. The summed E-state index contributed by atoms with van der Waals surface area (Å²) in [6.45, 7) is -1.50. The van der Waals surface area contributed by atoms with Crippen LogP contribution in [0, 0.1) is 5.92 Å². The Morgan fingerprint density at radius 3 is 1.80 bits per heavy atom. The topological polar surface area (TPSA) is 61.4 Å². The molecule has 0 saturated heterocycles. The van der Waals surface area contributed by atoms with Crippen LogP contribution in [0.5, 0.6) is 0 Å². The van der Waals surface area contributed by atoms with Crippen molar-refractivity contribution in [2.75, 3.05) is 13.6 Å². The van der Waals surface area contributed by atoms with Crippen LogP contribution in [-0.2, 0) is 4.79 Å². The smallest absolute Gasteiger partial charge is 0.432 e. The standard InChI is InChI=1S/C8H9F7N2O2S/c1-16-5(20)17-2-3(4(18)19)6(9,7(10,11)12)8(13,14)15/h3H,2H2,1H3,(H,18,19)(H2,16,17,20). The molecular weight excluding hydrogens is 321 g/mol. The Kier molecular flexibility index (Phi) is 5.58. The van der Waals surface area contributed by atoms with Gasteiger partial charge in [0.1, 0.15) is 5.92 Å². The molecule has 0 rings (SSSR count). The minimum Gasteiger partial charge on any atom is -0.481 e. The zero-order valence-corrected chi connectivity index (χ0v) is 10.5. The summed E-state index contributed by atoms with van der Waals surface area (Å²) < 4.78 is 87.8. The van der Waals surface area contributed by atoms with E-state index in [1.165, 1.54) is 7.05 Å². The summed E-state index contributed by atoms with van der Waals surface area (Å²) in [5.74, 6) is -6.05. The molecule has 0 aliphatic carbocycles. The maximum Gasteiger partial charge on any atom is 0.432 e. The Morgan fingerprint density at radius 1 is 1.15 bits per heavy atom. The molecule has 0 aliphatic rings. The molecule has 0 bridgehead atoms. The van der Waals surface area contributed by atoms with Gasteiger partial charge < -0.3 is 15.7 Å². The first kappa shape index (κ1) is 18.7. The van der Waals surface area contributed by atoms with Crippen molar-refractivity contribution in [1.29, 1.82) is 0 Å². The Hall–Kier alpha value is -1.33. The molecule has 0 amide bonds. The second kappa shape index (κ2) is 5.97. The number of carbonyl (C=O) groups is 1. The van der Waals surface area contributed by atoms with E-state index in [0.29, 0.717) is 0 Å². The third-order valence-electron chi connectivity index (χ3n) is 2.30. The van der Waals surface area contributed by atoms with E-state index in [9.17, 15) is 35.5 Å². The number of aliphatic carboxylic acids is 1. The Labute approximate surface area is 113 Å². The fourth-order valence-corrected chi connectivity index (χ4v) is 1.32. The Bertz CT molecular complexity index is 368. The monoisotopic (exact) mass is 330 g/mol. The molecule has 0 heterocycles. The van der Waals surface area contributed by atoms with Gasteiger partial charge in [-0.15, -0.1) is 0 Å². The minimum atomic E-state index is -6.45. The van der Waals surface area contributed by atoms with E-state index in [1.807, 2.05) is 0 Å². The molecule has 4 nitrogen and oxygen atoms in total. The molecule has 0 fully saturated rings. The number of rotatable bonds is 4. The number of alkyl halides is 7. The predicted octanol–water partition coefficient (Wildman–Crippen LogP) is 1.61. The minimum absolute atomic E-state index is 0.428. The molecule has 0 spiro atoms. The summed E-state index contributed by atoms with van der Waals surface area (Å²) in [5, 5.41) is 11.9. The molecular formula is C8H9F7N2O2S. The quantitative estimate of drug-likeness (QED) is 0.540. The van der Waals surface area contributed by atoms with Crippen molar-refractivity contribution in [2.24, 2.45) is 5.92 Å². The normalized spacial score (nSPS) is 14.6. The van der Waals surface area contributed by atoms with Crippen LogP contribution in [0.3, 0.4) is 0 Å². The van der Waals surface area contributed by atoms with Gasteiger partial charge in [0.2, 0.25) is 0 Å². The van der Waals surface area contributed by atoms with Gasteiger partial charge >= 0.3 is 24.0 Å². The molecule has 12 heteroatoms. The average molecular weight is 330 g/mol. The molecule has 0 aromatic rings. The highest BCUT2D eigenvalue weighted by Gasteiger charge is 2.77. The molecule has 0 saturated carbocycles. The van der Waals surface area contributed by atoms with E-state index in [2.05, 4.69) is 17.5 Å². The number of carboxylic acid groups (broad SMARTS) is 1. The lowest BCUT2D eigenvalue weighted by Crippen LogP contribution is -2.62. The van der Waals surface area contributed by atoms with Crippen LogP contribution in [0.4, 0.5) is 30.7 Å². The van der Waals surface area contributed by atoms with Crippen molar-refractivity contribution in [1.82, 2.24) is 10.6 Å². The summed E-state index contributed by atoms with van der Waals surface area (Å²) in [6.07, 6.45) is -12.9. The molecule has 0 aliphatic heterocycles. The van der Waals surface area contributed by atoms with Gasteiger partial charge in [0.05, 0.1) is 0 Å². The summed E-state index contributed by atoms with van der Waals surface area (Å²) >= 11 is 4.37. The first-order chi connectivity index (χ1) is 8.79. The molecule has 0 aromatic carbocycles. The van der Waals surface area contributed by atoms with Gasteiger partial charge in [0.25, 0.3) is 0 Å².